The third-order valence-electron chi connectivity index (χ3n) is 4.45. The molecule has 0 saturated heterocycles. The Morgan fingerprint density at radius 3 is 2.66 bits per heavy atom. The number of carbonyl (C=O) groups excluding carboxylic acids is 2. The summed E-state index contributed by atoms with van der Waals surface area (Å²) >= 11 is 5.85. The summed E-state index contributed by atoms with van der Waals surface area (Å²) in [6.45, 7) is 1.99. The number of hydrogen-bond acceptors (Lipinski definition) is 6. The molecule has 166 valence electrons. The van der Waals surface area contributed by atoms with Gasteiger partial charge in [-0.15, -0.1) is 0 Å². The van der Waals surface area contributed by atoms with Gasteiger partial charge in [-0.25, -0.2) is 0 Å². The van der Waals surface area contributed by atoms with Crippen LogP contribution in [0.25, 0.3) is 0 Å². The van der Waals surface area contributed by atoms with E-state index < -0.39 is 22.7 Å². The van der Waals surface area contributed by atoms with E-state index in [1.165, 1.54) is 10.9 Å². The van der Waals surface area contributed by atoms with Crippen molar-refractivity contribution in [3.63, 3.8) is 0 Å². The highest BCUT2D eigenvalue weighted by Gasteiger charge is 2.17. The zero-order chi connectivity index (χ0) is 23.1. The van der Waals surface area contributed by atoms with E-state index in [0.29, 0.717) is 16.3 Å². The van der Waals surface area contributed by atoms with Gasteiger partial charge in [0.15, 0.2) is 0 Å². The van der Waals surface area contributed by atoms with Crippen molar-refractivity contribution in [1.29, 1.82) is 0 Å². The average Bonchev–Trinajstić information content (AvgIpc) is 3.26. The van der Waals surface area contributed by atoms with E-state index in [9.17, 15) is 19.7 Å². The Balaban J connectivity index is 1.50. The fraction of sp³-hybridized carbons (Fsp3) is 0.190. The second kappa shape index (κ2) is 10.4. The van der Waals surface area contributed by atoms with Crippen molar-refractivity contribution in [2.45, 2.75) is 20.1 Å². The van der Waals surface area contributed by atoms with Gasteiger partial charge in [-0.05, 0) is 42.0 Å². The molecule has 2 N–H and O–H groups in total. The Hall–Kier alpha value is -3.92. The molecule has 0 aliphatic rings. The van der Waals surface area contributed by atoms with Gasteiger partial charge in [-0.1, -0.05) is 30.7 Å². The molecule has 10 nitrogen and oxygen atoms in total. The molecule has 3 rings (SSSR count). The van der Waals surface area contributed by atoms with Gasteiger partial charge in [0.2, 0.25) is 5.91 Å². The molecule has 3 aromatic rings. The average molecular weight is 458 g/mol. The number of aromatic nitrogens is 2. The minimum Gasteiger partial charge on any atom is -0.489 e. The molecule has 0 unspecified atom stereocenters. The molecule has 0 saturated carbocycles. The second-order valence-electron chi connectivity index (χ2n) is 6.97. The largest absolute Gasteiger partial charge is 0.489 e. The van der Waals surface area contributed by atoms with Crippen LogP contribution in [-0.2, 0) is 17.9 Å². The number of hydrogen-bond donors (Lipinski definition) is 2. The Morgan fingerprint density at radius 1 is 1.22 bits per heavy atom. The predicted molar refractivity (Wildman–Crippen MR) is 116 cm³/mol. The van der Waals surface area contributed by atoms with Crippen LogP contribution in [0.1, 0.15) is 22.8 Å². The van der Waals surface area contributed by atoms with E-state index in [1.807, 2.05) is 6.07 Å². The third kappa shape index (κ3) is 6.29. The van der Waals surface area contributed by atoms with Crippen LogP contribution in [0.2, 0.25) is 5.02 Å². The van der Waals surface area contributed by atoms with Crippen LogP contribution >= 0.6 is 11.6 Å². The number of amides is 2. The van der Waals surface area contributed by atoms with Crippen LogP contribution in [0.3, 0.4) is 0 Å². The maximum absolute atomic E-state index is 12.4. The van der Waals surface area contributed by atoms with Crippen molar-refractivity contribution in [3.05, 3.63) is 87.2 Å². The molecule has 11 heteroatoms. The van der Waals surface area contributed by atoms with E-state index in [4.69, 9.17) is 16.3 Å². The van der Waals surface area contributed by atoms with Gasteiger partial charge < -0.3 is 4.74 Å². The Bertz CT molecular complexity index is 1120. The lowest BCUT2D eigenvalue weighted by Gasteiger charge is -2.13. The summed E-state index contributed by atoms with van der Waals surface area (Å²) in [7, 11) is 0. The first-order valence-corrected chi connectivity index (χ1v) is 9.94. The number of ether oxygens (including phenoxy) is 1. The zero-order valence-corrected chi connectivity index (χ0v) is 17.8. The van der Waals surface area contributed by atoms with Gasteiger partial charge in [-0.2, -0.15) is 5.10 Å². The highest BCUT2D eigenvalue weighted by Crippen LogP contribution is 2.17. The van der Waals surface area contributed by atoms with Gasteiger partial charge in [0.05, 0.1) is 17.4 Å². The summed E-state index contributed by atoms with van der Waals surface area (Å²) in [5.41, 5.74) is 5.67. The number of nitrogens with one attached hydrogen (secondary N) is 2. The van der Waals surface area contributed by atoms with Crippen molar-refractivity contribution in [2.24, 2.45) is 5.92 Å². The Morgan fingerprint density at radius 2 is 1.97 bits per heavy atom. The van der Waals surface area contributed by atoms with Crippen LogP contribution < -0.4 is 15.6 Å². The SMILES string of the molecule is C[C@H](Cn1cc([N+](=O)[O-])cn1)C(=O)NNC(=O)c1cccc(COc2ccc(Cl)cc2)c1. The summed E-state index contributed by atoms with van der Waals surface area (Å²) in [6, 6.07) is 13.7. The molecular formula is C21H20ClN5O5. The van der Waals surface area contributed by atoms with E-state index in [-0.39, 0.29) is 18.8 Å². The fourth-order valence-corrected chi connectivity index (χ4v) is 2.85. The number of rotatable bonds is 8. The molecule has 0 spiro atoms. The highest BCUT2D eigenvalue weighted by atomic mass is 35.5. The molecule has 2 aromatic carbocycles. The monoisotopic (exact) mass is 457 g/mol. The fourth-order valence-electron chi connectivity index (χ4n) is 2.72. The lowest BCUT2D eigenvalue weighted by molar-refractivity contribution is -0.385. The van der Waals surface area contributed by atoms with E-state index >= 15 is 0 Å². The van der Waals surface area contributed by atoms with Crippen molar-refractivity contribution in [1.82, 2.24) is 20.6 Å². The molecule has 0 bridgehead atoms. The number of hydrazine groups is 1. The molecule has 1 aromatic heterocycles. The number of carbonyl (C=O) groups is 2. The van der Waals surface area contributed by atoms with Crippen molar-refractivity contribution in [2.75, 3.05) is 0 Å². The molecule has 32 heavy (non-hydrogen) atoms. The maximum atomic E-state index is 12.4. The van der Waals surface area contributed by atoms with E-state index in [1.54, 1.807) is 49.4 Å². The van der Waals surface area contributed by atoms with Gasteiger partial charge >= 0.3 is 5.69 Å². The summed E-state index contributed by atoms with van der Waals surface area (Å²) in [5, 5.41) is 15.2. The number of nitro groups is 1. The van der Waals surface area contributed by atoms with Crippen LogP contribution in [0, 0.1) is 16.0 Å². The summed E-state index contributed by atoms with van der Waals surface area (Å²) in [6.07, 6.45) is 2.34. The summed E-state index contributed by atoms with van der Waals surface area (Å²) in [4.78, 5) is 34.8. The van der Waals surface area contributed by atoms with Crippen molar-refractivity contribution < 1.29 is 19.2 Å². The standard InChI is InChI=1S/C21H20ClN5O5/c1-14(11-26-12-18(10-23-26)27(30)31)20(28)24-25-21(29)16-4-2-3-15(9-16)13-32-19-7-5-17(22)6-8-19/h2-10,12,14H,11,13H2,1H3,(H,24,28)(H,25,29)/t14-/m1/s1. The van der Waals surface area contributed by atoms with Crippen LogP contribution in [0.4, 0.5) is 5.69 Å². The van der Waals surface area contributed by atoms with Gasteiger partial charge in [-0.3, -0.25) is 35.2 Å². The Kier molecular flexibility index (Phi) is 7.40. The molecule has 0 fully saturated rings. The molecule has 0 aliphatic heterocycles. The lowest BCUT2D eigenvalue weighted by Crippen LogP contribution is -2.44. The number of nitrogens with zero attached hydrogens (tertiary/aromatic N) is 3. The Labute approximate surface area is 188 Å². The molecular weight excluding hydrogens is 438 g/mol. The van der Waals surface area contributed by atoms with Crippen molar-refractivity contribution >= 4 is 29.1 Å². The van der Waals surface area contributed by atoms with E-state index in [2.05, 4.69) is 16.0 Å². The summed E-state index contributed by atoms with van der Waals surface area (Å²) in [5.74, 6) is -0.894. The lowest BCUT2D eigenvalue weighted by atomic mass is 10.1. The minimum absolute atomic E-state index is 0.118. The second-order valence-corrected chi connectivity index (χ2v) is 7.40. The first-order valence-electron chi connectivity index (χ1n) is 9.56. The minimum atomic E-state index is -0.589. The number of halogens is 1. The highest BCUT2D eigenvalue weighted by molar-refractivity contribution is 6.30. The topological polar surface area (TPSA) is 128 Å². The molecule has 0 aliphatic carbocycles. The number of benzene rings is 2. The quantitative estimate of drug-likeness (QED) is 0.395. The van der Waals surface area contributed by atoms with Gasteiger partial charge in [0.25, 0.3) is 5.91 Å². The van der Waals surface area contributed by atoms with Crippen molar-refractivity contribution in [3.8, 4) is 5.75 Å². The first-order chi connectivity index (χ1) is 15.3. The van der Waals surface area contributed by atoms with Crippen LogP contribution in [0.15, 0.2) is 60.9 Å². The van der Waals surface area contributed by atoms with Crippen LogP contribution in [0.5, 0.6) is 5.75 Å². The first kappa shape index (κ1) is 22.8. The van der Waals surface area contributed by atoms with Gasteiger partial charge in [0, 0.05) is 10.6 Å². The maximum Gasteiger partial charge on any atom is 0.306 e. The van der Waals surface area contributed by atoms with Crippen LogP contribution in [-0.4, -0.2) is 26.5 Å². The molecule has 0 radical (unpaired) electrons. The normalized spacial score (nSPS) is 11.4. The van der Waals surface area contributed by atoms with Gasteiger partial charge in [0.1, 0.15) is 24.8 Å². The summed E-state index contributed by atoms with van der Waals surface area (Å²) < 4.78 is 6.97. The zero-order valence-electron chi connectivity index (χ0n) is 17.0. The smallest absolute Gasteiger partial charge is 0.306 e. The third-order valence-corrected chi connectivity index (χ3v) is 4.70. The van der Waals surface area contributed by atoms with E-state index in [0.717, 1.165) is 11.8 Å². The molecule has 2 amide bonds. The molecule has 1 atom stereocenters. The molecule has 1 heterocycles. The predicted octanol–water partition coefficient (Wildman–Crippen LogP) is 3.12.